The fourth-order valence-electron chi connectivity index (χ4n) is 4.17. The normalized spacial score (nSPS) is 10.9. The molecule has 1 aromatic heterocycles. The smallest absolute Gasteiger partial charge is 0.251 e. The molecular formula is C29H33N3O3. The number of carbonyl (C=O) groups excluding carboxylic acids is 1. The summed E-state index contributed by atoms with van der Waals surface area (Å²) >= 11 is 0. The maximum atomic E-state index is 12.5. The minimum atomic E-state index is -0.0963. The van der Waals surface area contributed by atoms with E-state index in [1.807, 2.05) is 42.5 Å². The lowest BCUT2D eigenvalue weighted by atomic mass is 10.1. The van der Waals surface area contributed by atoms with Crippen LogP contribution in [0.1, 0.15) is 40.2 Å². The second-order valence-electron chi connectivity index (χ2n) is 8.66. The van der Waals surface area contributed by atoms with Crippen LogP contribution < -0.4 is 14.8 Å². The first-order valence-corrected chi connectivity index (χ1v) is 12.1. The minimum absolute atomic E-state index is 0.0963. The van der Waals surface area contributed by atoms with Crippen molar-refractivity contribution < 1.29 is 14.3 Å². The van der Waals surface area contributed by atoms with Gasteiger partial charge in [-0.3, -0.25) is 4.79 Å². The van der Waals surface area contributed by atoms with Crippen LogP contribution in [0.2, 0.25) is 0 Å². The Morgan fingerprint density at radius 3 is 2.69 bits per heavy atom. The van der Waals surface area contributed by atoms with E-state index >= 15 is 0 Å². The van der Waals surface area contributed by atoms with Crippen LogP contribution in [0, 0.1) is 13.8 Å². The quantitative estimate of drug-likeness (QED) is 0.294. The zero-order chi connectivity index (χ0) is 24.6. The third kappa shape index (κ3) is 6.01. The molecule has 0 spiro atoms. The summed E-state index contributed by atoms with van der Waals surface area (Å²) in [7, 11) is 1.60. The predicted molar refractivity (Wildman–Crippen MR) is 139 cm³/mol. The molecule has 0 atom stereocenters. The van der Waals surface area contributed by atoms with Crippen LogP contribution in [0.15, 0.2) is 66.7 Å². The second-order valence-corrected chi connectivity index (χ2v) is 8.66. The fourth-order valence-corrected chi connectivity index (χ4v) is 4.17. The summed E-state index contributed by atoms with van der Waals surface area (Å²) in [4.78, 5) is 17.3. The van der Waals surface area contributed by atoms with E-state index in [9.17, 15) is 4.79 Å². The van der Waals surface area contributed by atoms with E-state index in [2.05, 4.69) is 35.9 Å². The number of hydrogen-bond donors (Lipinski definition) is 1. The Kier molecular flexibility index (Phi) is 8.03. The third-order valence-electron chi connectivity index (χ3n) is 6.27. The van der Waals surface area contributed by atoms with Crippen molar-refractivity contribution in [2.24, 2.45) is 0 Å². The number of rotatable bonds is 11. The van der Waals surface area contributed by atoms with Crippen LogP contribution in [0.3, 0.4) is 0 Å². The lowest BCUT2D eigenvalue weighted by molar-refractivity contribution is 0.0952. The van der Waals surface area contributed by atoms with Gasteiger partial charge in [0.25, 0.3) is 5.91 Å². The average molecular weight is 472 g/mol. The number of amides is 1. The highest BCUT2D eigenvalue weighted by Gasteiger charge is 2.11. The Hall–Kier alpha value is -3.80. The molecule has 0 aliphatic carbocycles. The van der Waals surface area contributed by atoms with Gasteiger partial charge >= 0.3 is 0 Å². The average Bonchev–Trinajstić information content (AvgIpc) is 3.24. The van der Waals surface area contributed by atoms with Gasteiger partial charge in [0.2, 0.25) is 0 Å². The van der Waals surface area contributed by atoms with Crippen LogP contribution in [0.25, 0.3) is 11.0 Å². The molecular weight excluding hydrogens is 438 g/mol. The van der Waals surface area contributed by atoms with Crippen molar-refractivity contribution in [1.29, 1.82) is 0 Å². The van der Waals surface area contributed by atoms with Crippen LogP contribution in [-0.2, 0) is 13.0 Å². The van der Waals surface area contributed by atoms with E-state index in [-0.39, 0.29) is 5.91 Å². The molecule has 4 aromatic rings. The monoisotopic (exact) mass is 471 g/mol. The summed E-state index contributed by atoms with van der Waals surface area (Å²) in [5.74, 6) is 2.56. The van der Waals surface area contributed by atoms with E-state index in [0.717, 1.165) is 48.4 Å². The Balaban J connectivity index is 1.33. The summed E-state index contributed by atoms with van der Waals surface area (Å²) in [5.41, 5.74) is 5.16. The highest BCUT2D eigenvalue weighted by Crippen LogP contribution is 2.21. The van der Waals surface area contributed by atoms with Gasteiger partial charge in [0, 0.05) is 25.1 Å². The molecule has 1 heterocycles. The van der Waals surface area contributed by atoms with Crippen LogP contribution in [0.5, 0.6) is 11.5 Å². The number of carbonyl (C=O) groups is 1. The Bertz CT molecular complexity index is 1300. The number of para-hydroxylation sites is 2. The Morgan fingerprint density at radius 1 is 1.00 bits per heavy atom. The van der Waals surface area contributed by atoms with Crippen molar-refractivity contribution in [3.63, 3.8) is 0 Å². The number of hydrogen-bond acceptors (Lipinski definition) is 4. The Morgan fingerprint density at radius 2 is 1.83 bits per heavy atom. The van der Waals surface area contributed by atoms with Crippen LogP contribution in [0.4, 0.5) is 0 Å². The summed E-state index contributed by atoms with van der Waals surface area (Å²) in [6, 6.07) is 21.6. The van der Waals surface area contributed by atoms with Gasteiger partial charge in [-0.1, -0.05) is 30.3 Å². The molecule has 1 N–H and O–H groups in total. The number of methoxy groups -OCH3 is 1. The van der Waals surface area contributed by atoms with Gasteiger partial charge in [0.1, 0.15) is 17.3 Å². The molecule has 6 nitrogen and oxygen atoms in total. The van der Waals surface area contributed by atoms with Crippen molar-refractivity contribution >= 4 is 16.9 Å². The zero-order valence-electron chi connectivity index (χ0n) is 20.7. The van der Waals surface area contributed by atoms with Gasteiger partial charge in [-0.15, -0.1) is 0 Å². The summed E-state index contributed by atoms with van der Waals surface area (Å²) in [5, 5.41) is 3.00. The van der Waals surface area contributed by atoms with Crippen LogP contribution >= 0.6 is 0 Å². The summed E-state index contributed by atoms with van der Waals surface area (Å²) in [6.45, 7) is 6.25. The van der Waals surface area contributed by atoms with E-state index in [1.54, 1.807) is 19.2 Å². The molecule has 0 saturated carbocycles. The number of nitrogens with one attached hydrogen (secondary N) is 1. The molecule has 0 unspecified atom stereocenters. The molecule has 0 aliphatic rings. The maximum Gasteiger partial charge on any atom is 0.251 e. The molecule has 0 saturated heterocycles. The van der Waals surface area contributed by atoms with Crippen molar-refractivity contribution in [2.75, 3.05) is 20.3 Å². The van der Waals surface area contributed by atoms with Crippen molar-refractivity contribution in [1.82, 2.24) is 14.9 Å². The number of ether oxygens (including phenoxy) is 2. The fraction of sp³-hybridized carbons (Fsp3) is 0.310. The van der Waals surface area contributed by atoms with Gasteiger partial charge in [-0.2, -0.15) is 0 Å². The molecule has 6 heteroatoms. The van der Waals surface area contributed by atoms with E-state index in [4.69, 9.17) is 14.5 Å². The number of fused-ring (bicyclic) bond motifs is 1. The molecule has 0 bridgehead atoms. The Labute approximate surface area is 206 Å². The minimum Gasteiger partial charge on any atom is -0.497 e. The topological polar surface area (TPSA) is 65.4 Å². The van der Waals surface area contributed by atoms with Gasteiger partial charge in [0.15, 0.2) is 0 Å². The summed E-state index contributed by atoms with van der Waals surface area (Å²) in [6.07, 6.45) is 2.47. The first-order valence-electron chi connectivity index (χ1n) is 12.1. The molecule has 0 radical (unpaired) electrons. The lowest BCUT2D eigenvalue weighted by Crippen LogP contribution is -2.25. The number of imidazole rings is 1. The highest BCUT2D eigenvalue weighted by molar-refractivity contribution is 5.94. The molecule has 182 valence electrons. The van der Waals surface area contributed by atoms with E-state index in [1.165, 1.54) is 11.1 Å². The number of aryl methyl sites for hydroxylation is 3. The molecule has 4 rings (SSSR count). The van der Waals surface area contributed by atoms with E-state index < -0.39 is 0 Å². The van der Waals surface area contributed by atoms with E-state index in [0.29, 0.717) is 24.5 Å². The molecule has 3 aromatic carbocycles. The molecule has 1 amide bonds. The van der Waals surface area contributed by atoms with Gasteiger partial charge in [0.05, 0.1) is 24.8 Å². The van der Waals surface area contributed by atoms with Gasteiger partial charge in [-0.05, 0) is 74.2 Å². The first-order chi connectivity index (χ1) is 17.1. The number of benzene rings is 3. The summed E-state index contributed by atoms with van der Waals surface area (Å²) < 4.78 is 13.6. The zero-order valence-corrected chi connectivity index (χ0v) is 20.7. The molecule has 0 fully saturated rings. The first kappa shape index (κ1) is 24.3. The van der Waals surface area contributed by atoms with Gasteiger partial charge < -0.3 is 19.4 Å². The third-order valence-corrected chi connectivity index (χ3v) is 6.27. The van der Waals surface area contributed by atoms with Crippen molar-refractivity contribution in [3.8, 4) is 11.5 Å². The van der Waals surface area contributed by atoms with Crippen LogP contribution in [-0.4, -0.2) is 35.7 Å². The largest absolute Gasteiger partial charge is 0.497 e. The SMILES string of the molecule is COc1cccc(C(=O)NCCCc2nc3ccccc3n2CCCOc2cccc(C)c2C)c1. The second kappa shape index (κ2) is 11.6. The van der Waals surface area contributed by atoms with Gasteiger partial charge in [-0.25, -0.2) is 4.98 Å². The van der Waals surface area contributed by atoms with Crippen molar-refractivity contribution in [3.05, 3.63) is 89.2 Å². The predicted octanol–water partition coefficient (Wildman–Crippen LogP) is 5.49. The molecule has 0 aliphatic heterocycles. The standard InChI is InChI=1S/C29H33N3O3/c1-21-10-6-15-27(22(21)2)35-19-9-18-32-26-14-5-4-13-25(26)31-28(32)16-8-17-30-29(33)23-11-7-12-24(20-23)34-3/h4-7,10-15,20H,8-9,16-19H2,1-3H3,(H,30,33). The molecule has 35 heavy (non-hydrogen) atoms. The lowest BCUT2D eigenvalue weighted by Gasteiger charge is -2.13. The maximum absolute atomic E-state index is 12.5. The number of aromatic nitrogens is 2. The van der Waals surface area contributed by atoms with Crippen molar-refractivity contribution in [2.45, 2.75) is 39.7 Å². The number of nitrogens with zero attached hydrogens (tertiary/aromatic N) is 2. The highest BCUT2D eigenvalue weighted by atomic mass is 16.5.